The molecule has 0 aliphatic carbocycles. The van der Waals surface area contributed by atoms with Crippen LogP contribution in [0.15, 0.2) is 53.9 Å². The number of piperidine rings is 1. The quantitative estimate of drug-likeness (QED) is 0.836. The molecule has 2 aliphatic rings. The normalized spacial score (nSPS) is 20.9. The van der Waals surface area contributed by atoms with Gasteiger partial charge < -0.3 is 15.1 Å². The molecular formula is C21H21ClN4O3. The molecule has 1 fully saturated rings. The molecule has 0 bridgehead atoms. The number of likely N-dealkylation sites (tertiary alicyclic amines) is 1. The molecule has 2 aromatic rings. The van der Waals surface area contributed by atoms with Gasteiger partial charge in [0.2, 0.25) is 0 Å². The van der Waals surface area contributed by atoms with Gasteiger partial charge in [0.1, 0.15) is 5.71 Å². The largest absolute Gasteiger partial charge is 0.386 e. The first kappa shape index (κ1) is 19.4. The molecule has 7 nitrogen and oxygen atoms in total. The Balaban J connectivity index is 1.36. The highest BCUT2D eigenvalue weighted by Crippen LogP contribution is 2.34. The number of benzene rings is 1. The number of pyridine rings is 1. The summed E-state index contributed by atoms with van der Waals surface area (Å²) in [7, 11) is 0. The predicted octanol–water partition coefficient (Wildman–Crippen LogP) is 2.80. The molecule has 1 aromatic carbocycles. The predicted molar refractivity (Wildman–Crippen MR) is 109 cm³/mol. The van der Waals surface area contributed by atoms with Crippen LogP contribution in [-0.4, -0.2) is 46.1 Å². The third-order valence-corrected chi connectivity index (χ3v) is 5.45. The number of oxime groups is 1. The first-order valence-electron chi connectivity index (χ1n) is 9.52. The summed E-state index contributed by atoms with van der Waals surface area (Å²) >= 11 is 5.91. The van der Waals surface area contributed by atoms with E-state index < -0.39 is 5.60 Å². The van der Waals surface area contributed by atoms with E-state index >= 15 is 0 Å². The van der Waals surface area contributed by atoms with Gasteiger partial charge in [-0.05, 0) is 48.7 Å². The number of hydrogen-bond acceptors (Lipinski definition) is 5. The summed E-state index contributed by atoms with van der Waals surface area (Å²) in [6.45, 7) is 1.42. The van der Waals surface area contributed by atoms with Crippen molar-refractivity contribution in [2.24, 2.45) is 5.16 Å². The smallest absolute Gasteiger partial charge is 0.269 e. The van der Waals surface area contributed by atoms with Crippen LogP contribution in [0.4, 0.5) is 0 Å². The molecule has 2 aliphatic heterocycles. The maximum absolute atomic E-state index is 12.8. The van der Waals surface area contributed by atoms with Gasteiger partial charge in [0.25, 0.3) is 11.8 Å². The molecule has 1 spiro atoms. The molecular weight excluding hydrogens is 392 g/mol. The molecule has 150 valence electrons. The Hall–Kier alpha value is -2.93. The molecule has 1 saturated heterocycles. The highest BCUT2D eigenvalue weighted by molar-refractivity contribution is 6.39. The molecule has 1 N–H and O–H groups in total. The number of hydrogen-bond donors (Lipinski definition) is 1. The maximum atomic E-state index is 12.8. The summed E-state index contributed by atoms with van der Waals surface area (Å²) in [6, 6.07) is 10.6. The first-order valence-corrected chi connectivity index (χ1v) is 9.89. The molecule has 3 heterocycles. The van der Waals surface area contributed by atoms with Crippen molar-refractivity contribution in [3.8, 4) is 0 Å². The number of carbonyl (C=O) groups is 2. The Labute approximate surface area is 173 Å². The van der Waals surface area contributed by atoms with Crippen LogP contribution in [0.5, 0.6) is 0 Å². The highest BCUT2D eigenvalue weighted by atomic mass is 35.5. The molecule has 8 heteroatoms. The number of nitrogens with zero attached hydrogens (tertiary/aromatic N) is 3. The van der Waals surface area contributed by atoms with Gasteiger partial charge in [-0.2, -0.15) is 0 Å². The van der Waals surface area contributed by atoms with Crippen LogP contribution >= 0.6 is 11.6 Å². The van der Waals surface area contributed by atoms with E-state index in [9.17, 15) is 9.59 Å². The van der Waals surface area contributed by atoms with Crippen molar-refractivity contribution in [1.29, 1.82) is 0 Å². The fourth-order valence-electron chi connectivity index (χ4n) is 3.70. The van der Waals surface area contributed by atoms with Gasteiger partial charge in [0, 0.05) is 42.5 Å². The fraction of sp³-hybridized carbons (Fsp3) is 0.333. The van der Waals surface area contributed by atoms with E-state index in [0.29, 0.717) is 42.4 Å². The van der Waals surface area contributed by atoms with Crippen molar-refractivity contribution >= 4 is 29.1 Å². The Bertz CT molecular complexity index is 933. The Morgan fingerprint density at radius 2 is 2.07 bits per heavy atom. The van der Waals surface area contributed by atoms with Crippen molar-refractivity contribution in [3.05, 3.63) is 64.9 Å². The number of carbonyl (C=O) groups excluding carboxylic acids is 2. The van der Waals surface area contributed by atoms with Gasteiger partial charge in [-0.1, -0.05) is 22.8 Å². The number of aromatic nitrogens is 1. The maximum Gasteiger partial charge on any atom is 0.269 e. The Kier molecular flexibility index (Phi) is 5.49. The van der Waals surface area contributed by atoms with Crippen molar-refractivity contribution in [1.82, 2.24) is 15.2 Å². The lowest BCUT2D eigenvalue weighted by Gasteiger charge is -2.38. The van der Waals surface area contributed by atoms with E-state index in [0.717, 1.165) is 18.4 Å². The molecule has 1 unspecified atom stereocenters. The zero-order valence-electron chi connectivity index (χ0n) is 15.8. The van der Waals surface area contributed by atoms with E-state index in [1.807, 2.05) is 12.1 Å². The first-order chi connectivity index (χ1) is 14.0. The zero-order chi connectivity index (χ0) is 20.3. The van der Waals surface area contributed by atoms with Crippen LogP contribution in [0.25, 0.3) is 0 Å². The van der Waals surface area contributed by atoms with Gasteiger partial charge in [-0.3, -0.25) is 14.6 Å². The molecule has 0 saturated carbocycles. The lowest BCUT2D eigenvalue weighted by Crippen LogP contribution is -2.51. The Morgan fingerprint density at radius 1 is 1.24 bits per heavy atom. The van der Waals surface area contributed by atoms with Crippen LogP contribution in [0, 0.1) is 0 Å². The summed E-state index contributed by atoms with van der Waals surface area (Å²) in [5, 5.41) is 7.47. The SMILES string of the molecule is O=C(NCc1cccnc1)C1=NOC2(CCCN(C(=O)c3ccc(Cl)cc3)C2)C1. The molecule has 2 amide bonds. The minimum atomic E-state index is -0.638. The zero-order valence-corrected chi connectivity index (χ0v) is 16.6. The number of halogens is 1. The standard InChI is InChI=1S/C21H21ClN4O3/c22-17-6-4-16(5-7-17)20(28)26-10-2-8-21(14-26)11-18(25-29-21)19(27)24-13-15-3-1-9-23-12-15/h1,3-7,9,12H,2,8,10-11,13-14H2,(H,24,27). The Morgan fingerprint density at radius 3 is 2.83 bits per heavy atom. The average Bonchev–Trinajstić information content (AvgIpc) is 3.16. The third-order valence-electron chi connectivity index (χ3n) is 5.19. The van der Waals surface area contributed by atoms with E-state index in [4.69, 9.17) is 16.4 Å². The van der Waals surface area contributed by atoms with Gasteiger partial charge in [-0.15, -0.1) is 0 Å². The second-order valence-electron chi connectivity index (χ2n) is 7.37. The molecule has 29 heavy (non-hydrogen) atoms. The van der Waals surface area contributed by atoms with E-state index in [2.05, 4.69) is 15.5 Å². The van der Waals surface area contributed by atoms with Gasteiger partial charge >= 0.3 is 0 Å². The fourth-order valence-corrected chi connectivity index (χ4v) is 3.82. The van der Waals surface area contributed by atoms with Crippen LogP contribution in [0.2, 0.25) is 5.02 Å². The molecule has 1 aromatic heterocycles. The number of nitrogens with one attached hydrogen (secondary N) is 1. The lowest BCUT2D eigenvalue weighted by molar-refractivity contribution is -0.115. The van der Waals surface area contributed by atoms with Crippen LogP contribution in [0.1, 0.15) is 35.2 Å². The summed E-state index contributed by atoms with van der Waals surface area (Å²) in [4.78, 5) is 36.8. The van der Waals surface area contributed by atoms with Gasteiger partial charge in [0.15, 0.2) is 5.60 Å². The molecule has 1 atom stereocenters. The lowest BCUT2D eigenvalue weighted by atomic mass is 9.87. The summed E-state index contributed by atoms with van der Waals surface area (Å²) in [6.07, 6.45) is 5.32. The topological polar surface area (TPSA) is 83.9 Å². The second-order valence-corrected chi connectivity index (χ2v) is 7.81. The molecule has 4 rings (SSSR count). The second kappa shape index (κ2) is 8.21. The van der Waals surface area contributed by atoms with E-state index in [-0.39, 0.29) is 11.8 Å². The average molecular weight is 413 g/mol. The number of amides is 2. The van der Waals surface area contributed by atoms with E-state index in [1.54, 1.807) is 41.6 Å². The van der Waals surface area contributed by atoms with Gasteiger partial charge in [0.05, 0.1) is 6.54 Å². The number of rotatable bonds is 4. The summed E-state index contributed by atoms with van der Waals surface area (Å²) in [5.41, 5.74) is 1.21. The van der Waals surface area contributed by atoms with E-state index in [1.165, 1.54) is 0 Å². The molecule has 0 radical (unpaired) electrons. The van der Waals surface area contributed by atoms with Crippen molar-refractivity contribution in [2.75, 3.05) is 13.1 Å². The van der Waals surface area contributed by atoms with Gasteiger partial charge in [-0.25, -0.2) is 0 Å². The summed E-state index contributed by atoms with van der Waals surface area (Å²) in [5.74, 6) is -0.328. The monoisotopic (exact) mass is 412 g/mol. The summed E-state index contributed by atoms with van der Waals surface area (Å²) < 4.78 is 0. The highest BCUT2D eigenvalue weighted by Gasteiger charge is 2.45. The minimum Gasteiger partial charge on any atom is -0.386 e. The third kappa shape index (κ3) is 4.40. The van der Waals surface area contributed by atoms with Crippen LogP contribution < -0.4 is 5.32 Å². The van der Waals surface area contributed by atoms with Crippen molar-refractivity contribution in [2.45, 2.75) is 31.4 Å². The van der Waals surface area contributed by atoms with Crippen molar-refractivity contribution < 1.29 is 14.4 Å². The van der Waals surface area contributed by atoms with Crippen LogP contribution in [0.3, 0.4) is 0 Å². The van der Waals surface area contributed by atoms with Crippen molar-refractivity contribution in [3.63, 3.8) is 0 Å². The van der Waals surface area contributed by atoms with Crippen LogP contribution in [-0.2, 0) is 16.2 Å². The minimum absolute atomic E-state index is 0.0705.